The zero-order valence-electron chi connectivity index (χ0n) is 10.5. The lowest BCUT2D eigenvalue weighted by Crippen LogP contribution is -2.22. The van der Waals surface area contributed by atoms with Crippen molar-refractivity contribution in [2.24, 2.45) is 0 Å². The Labute approximate surface area is 123 Å². The Balaban J connectivity index is 1.68. The number of benzene rings is 1. The minimum Gasteiger partial charge on any atom is -0.294 e. The molecule has 2 heterocycles. The molecule has 1 amide bonds. The molecule has 2 N–H and O–H groups in total. The highest BCUT2D eigenvalue weighted by Crippen LogP contribution is 2.32. The van der Waals surface area contributed by atoms with E-state index in [2.05, 4.69) is 25.5 Å². The number of aromatic amines is 1. The largest absolute Gasteiger partial charge is 0.294 e. The third-order valence-electron chi connectivity index (χ3n) is 2.58. The lowest BCUT2D eigenvalue weighted by molar-refractivity contribution is -0.115. The standard InChI is InChI=1S/C12H11N5OS2/c1-7(10(18)16-11-13-6-14-17-11)19-12-15-8-4-2-3-5-9(8)20-12/h2-7H,1H3,(H2,13,14,16,17,18). The number of thiazole rings is 1. The van der Waals surface area contributed by atoms with E-state index >= 15 is 0 Å². The van der Waals surface area contributed by atoms with E-state index in [0.29, 0.717) is 5.95 Å². The molecule has 1 unspecified atom stereocenters. The molecule has 102 valence electrons. The smallest absolute Gasteiger partial charge is 0.240 e. The summed E-state index contributed by atoms with van der Waals surface area (Å²) < 4.78 is 2.00. The SMILES string of the molecule is CC(Sc1nc2ccccc2s1)C(=O)Nc1ncn[nH]1. The van der Waals surface area contributed by atoms with E-state index in [-0.39, 0.29) is 11.2 Å². The topological polar surface area (TPSA) is 83.6 Å². The molecule has 1 atom stereocenters. The third-order valence-corrected chi connectivity index (χ3v) is 4.81. The Morgan fingerprint density at radius 3 is 3.05 bits per heavy atom. The number of aromatic nitrogens is 4. The second kappa shape index (κ2) is 5.59. The number of nitrogens with one attached hydrogen (secondary N) is 2. The lowest BCUT2D eigenvalue weighted by atomic mass is 10.3. The van der Waals surface area contributed by atoms with E-state index in [1.54, 1.807) is 11.3 Å². The van der Waals surface area contributed by atoms with Crippen LogP contribution in [-0.4, -0.2) is 31.3 Å². The highest BCUT2D eigenvalue weighted by molar-refractivity contribution is 8.02. The minimum atomic E-state index is -0.263. The van der Waals surface area contributed by atoms with Gasteiger partial charge in [-0.25, -0.2) is 10.1 Å². The van der Waals surface area contributed by atoms with Crippen LogP contribution in [0.25, 0.3) is 10.2 Å². The maximum absolute atomic E-state index is 12.0. The maximum Gasteiger partial charge on any atom is 0.240 e. The summed E-state index contributed by atoms with van der Waals surface area (Å²) in [5.74, 6) is 0.220. The van der Waals surface area contributed by atoms with Crippen molar-refractivity contribution in [2.75, 3.05) is 5.32 Å². The van der Waals surface area contributed by atoms with Crippen molar-refractivity contribution in [1.29, 1.82) is 0 Å². The Morgan fingerprint density at radius 2 is 2.30 bits per heavy atom. The van der Waals surface area contributed by atoms with Crippen LogP contribution in [0.15, 0.2) is 34.9 Å². The van der Waals surface area contributed by atoms with E-state index in [0.717, 1.165) is 14.6 Å². The van der Waals surface area contributed by atoms with Gasteiger partial charge in [0.1, 0.15) is 6.33 Å². The first-order valence-corrected chi connectivity index (χ1v) is 7.60. The van der Waals surface area contributed by atoms with Gasteiger partial charge in [0.05, 0.1) is 15.5 Å². The number of thioether (sulfide) groups is 1. The molecule has 3 aromatic rings. The Bertz CT molecular complexity index is 691. The zero-order chi connectivity index (χ0) is 13.9. The van der Waals surface area contributed by atoms with Gasteiger partial charge in [0.15, 0.2) is 4.34 Å². The van der Waals surface area contributed by atoms with Gasteiger partial charge in [-0.2, -0.15) is 10.1 Å². The van der Waals surface area contributed by atoms with Crippen molar-refractivity contribution < 1.29 is 4.79 Å². The van der Waals surface area contributed by atoms with Crippen molar-refractivity contribution in [3.8, 4) is 0 Å². The normalized spacial score (nSPS) is 12.4. The molecule has 3 rings (SSSR count). The molecule has 0 fully saturated rings. The minimum absolute atomic E-state index is 0.133. The van der Waals surface area contributed by atoms with Crippen LogP contribution in [0.4, 0.5) is 5.95 Å². The number of nitrogens with zero attached hydrogens (tertiary/aromatic N) is 3. The molecule has 20 heavy (non-hydrogen) atoms. The first kappa shape index (κ1) is 13.1. The van der Waals surface area contributed by atoms with Crippen molar-refractivity contribution in [3.05, 3.63) is 30.6 Å². The number of fused-ring (bicyclic) bond motifs is 1. The zero-order valence-corrected chi connectivity index (χ0v) is 12.2. The van der Waals surface area contributed by atoms with Gasteiger partial charge >= 0.3 is 0 Å². The molecule has 0 bridgehead atoms. The van der Waals surface area contributed by atoms with Gasteiger partial charge in [-0.3, -0.25) is 10.1 Å². The van der Waals surface area contributed by atoms with Gasteiger partial charge in [0.25, 0.3) is 0 Å². The average molecular weight is 305 g/mol. The van der Waals surface area contributed by atoms with Crippen LogP contribution in [0.5, 0.6) is 0 Å². The van der Waals surface area contributed by atoms with Gasteiger partial charge in [-0.1, -0.05) is 23.9 Å². The Kier molecular flexibility index (Phi) is 3.66. The van der Waals surface area contributed by atoms with E-state index < -0.39 is 0 Å². The quantitative estimate of drug-likeness (QED) is 0.724. The summed E-state index contributed by atoms with van der Waals surface area (Å²) in [6.07, 6.45) is 1.35. The number of para-hydroxylation sites is 1. The first-order chi connectivity index (χ1) is 9.72. The Morgan fingerprint density at radius 1 is 1.45 bits per heavy atom. The molecule has 6 nitrogen and oxygen atoms in total. The number of carbonyl (C=O) groups is 1. The molecule has 0 saturated heterocycles. The van der Waals surface area contributed by atoms with Crippen LogP contribution in [0.1, 0.15) is 6.92 Å². The summed E-state index contributed by atoms with van der Waals surface area (Å²) in [6.45, 7) is 1.84. The maximum atomic E-state index is 12.0. The molecule has 0 aliphatic heterocycles. The number of hydrogen-bond donors (Lipinski definition) is 2. The molecule has 0 radical (unpaired) electrons. The summed E-state index contributed by atoms with van der Waals surface area (Å²) in [6, 6.07) is 7.93. The highest BCUT2D eigenvalue weighted by atomic mass is 32.2. The van der Waals surface area contributed by atoms with Crippen LogP contribution in [-0.2, 0) is 4.79 Å². The fourth-order valence-corrected chi connectivity index (χ4v) is 3.80. The summed E-state index contributed by atoms with van der Waals surface area (Å²) >= 11 is 3.02. The van der Waals surface area contributed by atoms with Gasteiger partial charge in [0.2, 0.25) is 11.9 Å². The summed E-state index contributed by atoms with van der Waals surface area (Å²) in [5.41, 5.74) is 0.961. The van der Waals surface area contributed by atoms with Crippen LogP contribution < -0.4 is 5.32 Å². The molecule has 0 saturated carbocycles. The fraction of sp³-hybridized carbons (Fsp3) is 0.167. The van der Waals surface area contributed by atoms with Gasteiger partial charge in [-0.15, -0.1) is 11.3 Å². The summed E-state index contributed by atoms with van der Waals surface area (Å²) in [4.78, 5) is 20.3. The molecular formula is C12H11N5OS2. The second-order valence-electron chi connectivity index (χ2n) is 4.03. The lowest BCUT2D eigenvalue weighted by Gasteiger charge is -2.07. The van der Waals surface area contributed by atoms with Crippen LogP contribution >= 0.6 is 23.1 Å². The molecular weight excluding hydrogens is 294 g/mol. The number of anilines is 1. The van der Waals surface area contributed by atoms with Crippen molar-refractivity contribution in [1.82, 2.24) is 20.2 Å². The molecule has 0 spiro atoms. The molecule has 1 aromatic carbocycles. The van der Waals surface area contributed by atoms with Crippen LogP contribution in [0.3, 0.4) is 0 Å². The van der Waals surface area contributed by atoms with Crippen molar-refractivity contribution >= 4 is 45.2 Å². The summed E-state index contributed by atoms with van der Waals surface area (Å²) in [5, 5.41) is 8.67. The van der Waals surface area contributed by atoms with Crippen molar-refractivity contribution in [2.45, 2.75) is 16.5 Å². The van der Waals surface area contributed by atoms with E-state index in [9.17, 15) is 4.79 Å². The monoisotopic (exact) mass is 305 g/mol. The number of hydrogen-bond acceptors (Lipinski definition) is 6. The summed E-state index contributed by atoms with van der Waals surface area (Å²) in [7, 11) is 0. The van der Waals surface area contributed by atoms with Gasteiger partial charge in [-0.05, 0) is 19.1 Å². The van der Waals surface area contributed by atoms with E-state index in [4.69, 9.17) is 0 Å². The predicted molar refractivity (Wildman–Crippen MR) is 80.0 cm³/mol. The predicted octanol–water partition coefficient (Wildman–Crippen LogP) is 2.53. The van der Waals surface area contributed by atoms with E-state index in [1.807, 2.05) is 31.2 Å². The number of H-pyrrole nitrogens is 1. The molecule has 2 aromatic heterocycles. The molecule has 0 aliphatic rings. The average Bonchev–Trinajstić information content (AvgIpc) is 3.06. The number of amides is 1. The van der Waals surface area contributed by atoms with E-state index in [1.165, 1.54) is 18.1 Å². The fourth-order valence-electron chi connectivity index (χ4n) is 1.59. The number of rotatable bonds is 4. The second-order valence-corrected chi connectivity index (χ2v) is 6.65. The Hall–Kier alpha value is -1.93. The number of carbonyl (C=O) groups excluding carboxylic acids is 1. The van der Waals surface area contributed by atoms with Crippen LogP contribution in [0.2, 0.25) is 0 Å². The highest BCUT2D eigenvalue weighted by Gasteiger charge is 2.17. The van der Waals surface area contributed by atoms with Crippen molar-refractivity contribution in [3.63, 3.8) is 0 Å². The first-order valence-electron chi connectivity index (χ1n) is 5.91. The molecule has 8 heteroatoms. The van der Waals surface area contributed by atoms with Gasteiger partial charge in [0, 0.05) is 0 Å². The molecule has 0 aliphatic carbocycles. The van der Waals surface area contributed by atoms with Gasteiger partial charge < -0.3 is 0 Å². The third kappa shape index (κ3) is 2.81. The van der Waals surface area contributed by atoms with Crippen LogP contribution in [0, 0.1) is 0 Å².